The number of methoxy groups -OCH3 is 2. The molecule has 0 aliphatic rings. The van der Waals surface area contributed by atoms with Crippen LogP contribution < -0.4 is 4.74 Å². The quantitative estimate of drug-likeness (QED) is 0.110. The zero-order valence-electron chi connectivity index (χ0n) is 20.4. The number of hydrogen-bond donors (Lipinski definition) is 2. The lowest BCUT2D eigenvalue weighted by Gasteiger charge is -2.13. The van der Waals surface area contributed by atoms with E-state index in [9.17, 15) is 9.90 Å². The summed E-state index contributed by atoms with van der Waals surface area (Å²) in [7, 11) is 2.84. The first-order valence-electron chi connectivity index (χ1n) is 11.4. The highest BCUT2D eigenvalue weighted by molar-refractivity contribution is 7.99. The van der Waals surface area contributed by atoms with Crippen molar-refractivity contribution in [2.45, 2.75) is 5.16 Å². The Balaban J connectivity index is 1.55. The molecule has 0 aliphatic carbocycles. The molecule has 2 heterocycles. The van der Waals surface area contributed by atoms with Gasteiger partial charge in [-0.2, -0.15) is 0 Å². The molecule has 0 atom stereocenters. The average Bonchev–Trinajstić information content (AvgIpc) is 3.56. The number of aromatic amines is 1. The molecule has 5 aromatic rings. The van der Waals surface area contributed by atoms with Gasteiger partial charge in [-0.1, -0.05) is 47.6 Å². The van der Waals surface area contributed by atoms with Gasteiger partial charge >= 0.3 is 5.97 Å². The number of nitrogens with one attached hydrogen (secondary N) is 1. The minimum Gasteiger partial charge on any atom is -0.510 e. The summed E-state index contributed by atoms with van der Waals surface area (Å²) in [6.45, 7) is 0. The molecule has 2 aromatic heterocycles. The number of nitrogens with zero attached hydrogens (tertiary/aromatic N) is 4. The van der Waals surface area contributed by atoms with E-state index in [1.54, 1.807) is 19.2 Å². The van der Waals surface area contributed by atoms with E-state index >= 15 is 0 Å². The number of fused-ring (bicyclic) bond motifs is 1. The molecule has 192 valence electrons. The second-order valence-electron chi connectivity index (χ2n) is 8.02. The Morgan fingerprint density at radius 1 is 1.03 bits per heavy atom. The summed E-state index contributed by atoms with van der Waals surface area (Å²) in [5, 5.41) is 20.9. The second kappa shape index (κ2) is 11.0. The molecule has 0 saturated heterocycles. The number of thioether (sulfide) groups is 1. The largest absolute Gasteiger partial charge is 0.510 e. The number of aliphatic hydroxyl groups excluding tert-OH is 1. The molecule has 38 heavy (non-hydrogen) atoms. The Morgan fingerprint density at radius 2 is 1.76 bits per heavy atom. The molecule has 0 spiro atoms. The number of halogens is 1. The standard InChI is InChI=1S/C27H22ClN5O4S/c1-36-22-10-6-3-7-18(22)25-31-32-27(33(25)17-13-11-16(28)12-14-17)38-15-21(34)23(26(35)37-2)24-29-19-8-4-5-9-20(19)30-24/h3-14,34H,15H2,1-2H3,(H,29,30). The topological polar surface area (TPSA) is 115 Å². The summed E-state index contributed by atoms with van der Waals surface area (Å²) in [6.07, 6.45) is 0. The van der Waals surface area contributed by atoms with Gasteiger partial charge in [0.2, 0.25) is 0 Å². The number of carbonyl (C=O) groups excluding carboxylic acids is 1. The molecule has 0 bridgehead atoms. The fourth-order valence-electron chi connectivity index (χ4n) is 3.92. The van der Waals surface area contributed by atoms with E-state index in [0.29, 0.717) is 27.3 Å². The van der Waals surface area contributed by atoms with Crippen LogP contribution in [0.25, 0.3) is 33.7 Å². The number of rotatable bonds is 8. The Morgan fingerprint density at radius 3 is 2.50 bits per heavy atom. The Kier molecular flexibility index (Phi) is 7.34. The van der Waals surface area contributed by atoms with Gasteiger partial charge in [-0.25, -0.2) is 9.78 Å². The monoisotopic (exact) mass is 547 g/mol. The molecular formula is C27H22ClN5O4S. The van der Waals surface area contributed by atoms with E-state index in [2.05, 4.69) is 20.2 Å². The number of aromatic nitrogens is 5. The predicted octanol–water partition coefficient (Wildman–Crippen LogP) is 5.71. The average molecular weight is 548 g/mol. The van der Waals surface area contributed by atoms with Crippen LogP contribution in [0.15, 0.2) is 83.7 Å². The summed E-state index contributed by atoms with van der Waals surface area (Å²) in [5.74, 6) is 0.457. The summed E-state index contributed by atoms with van der Waals surface area (Å²) < 4.78 is 12.3. The number of carbonyl (C=O) groups is 1. The number of H-pyrrole nitrogens is 1. The summed E-state index contributed by atoms with van der Waals surface area (Å²) >= 11 is 7.33. The van der Waals surface area contributed by atoms with Crippen molar-refractivity contribution in [2.75, 3.05) is 20.0 Å². The number of imidazole rings is 1. The highest BCUT2D eigenvalue weighted by Crippen LogP contribution is 2.34. The molecule has 3 aromatic carbocycles. The normalized spacial score (nSPS) is 11.9. The first kappa shape index (κ1) is 25.4. The van der Waals surface area contributed by atoms with Crippen molar-refractivity contribution in [3.05, 3.63) is 89.4 Å². The third-order valence-electron chi connectivity index (χ3n) is 5.71. The van der Waals surface area contributed by atoms with E-state index in [4.69, 9.17) is 21.1 Å². The predicted molar refractivity (Wildman–Crippen MR) is 147 cm³/mol. The van der Waals surface area contributed by atoms with E-state index in [0.717, 1.165) is 16.8 Å². The lowest BCUT2D eigenvalue weighted by atomic mass is 10.2. The van der Waals surface area contributed by atoms with Crippen molar-refractivity contribution in [3.8, 4) is 22.8 Å². The lowest BCUT2D eigenvalue weighted by molar-refractivity contribution is -0.133. The maximum Gasteiger partial charge on any atom is 0.345 e. The van der Waals surface area contributed by atoms with Gasteiger partial charge in [0.15, 0.2) is 11.0 Å². The van der Waals surface area contributed by atoms with Crippen LogP contribution >= 0.6 is 23.4 Å². The minimum absolute atomic E-state index is 0.000867. The third kappa shape index (κ3) is 4.96. The van der Waals surface area contributed by atoms with Crippen LogP contribution in [0.3, 0.4) is 0 Å². The molecule has 5 rings (SSSR count). The molecule has 0 unspecified atom stereocenters. The molecule has 0 radical (unpaired) electrons. The first-order chi connectivity index (χ1) is 18.5. The fourth-order valence-corrected chi connectivity index (χ4v) is 4.88. The van der Waals surface area contributed by atoms with Gasteiger partial charge in [-0.3, -0.25) is 4.57 Å². The third-order valence-corrected chi connectivity index (χ3v) is 6.90. The molecule has 9 nitrogen and oxygen atoms in total. The SMILES string of the molecule is COC(=O)C(=C(O)CSc1nnc(-c2ccccc2OC)n1-c1ccc(Cl)cc1)c1nc2ccccc2[nH]1. The molecule has 2 N–H and O–H groups in total. The van der Waals surface area contributed by atoms with Gasteiger partial charge in [0, 0.05) is 10.7 Å². The van der Waals surface area contributed by atoms with Crippen LogP contribution in [-0.4, -0.2) is 55.8 Å². The zero-order valence-corrected chi connectivity index (χ0v) is 22.0. The lowest BCUT2D eigenvalue weighted by Crippen LogP contribution is -2.10. The molecular weight excluding hydrogens is 526 g/mol. The number of hydrogen-bond acceptors (Lipinski definition) is 8. The van der Waals surface area contributed by atoms with Gasteiger partial charge in [-0.15, -0.1) is 10.2 Å². The van der Waals surface area contributed by atoms with Crippen LogP contribution in [0, 0.1) is 0 Å². The van der Waals surface area contributed by atoms with Crippen molar-refractivity contribution in [1.29, 1.82) is 0 Å². The zero-order chi connectivity index (χ0) is 26.6. The number of para-hydroxylation sites is 3. The summed E-state index contributed by atoms with van der Waals surface area (Å²) in [4.78, 5) is 20.2. The van der Waals surface area contributed by atoms with E-state index in [-0.39, 0.29) is 22.9 Å². The molecule has 0 fully saturated rings. The minimum atomic E-state index is -0.712. The molecule has 11 heteroatoms. The van der Waals surface area contributed by atoms with Gasteiger partial charge in [0.1, 0.15) is 22.9 Å². The van der Waals surface area contributed by atoms with Gasteiger partial charge < -0.3 is 19.6 Å². The van der Waals surface area contributed by atoms with Gasteiger partial charge in [0.25, 0.3) is 0 Å². The van der Waals surface area contributed by atoms with Crippen LogP contribution in [0.1, 0.15) is 5.82 Å². The Labute approximate surface area is 227 Å². The van der Waals surface area contributed by atoms with Crippen LogP contribution in [0.2, 0.25) is 5.02 Å². The maximum absolute atomic E-state index is 12.7. The highest BCUT2D eigenvalue weighted by Gasteiger charge is 2.24. The maximum atomic E-state index is 12.7. The fraction of sp³-hybridized carbons (Fsp3) is 0.111. The Bertz CT molecular complexity index is 1610. The molecule has 0 amide bonds. The van der Waals surface area contributed by atoms with E-state index in [1.165, 1.54) is 18.9 Å². The van der Waals surface area contributed by atoms with E-state index in [1.807, 2.05) is 65.2 Å². The van der Waals surface area contributed by atoms with Gasteiger partial charge in [-0.05, 0) is 48.5 Å². The van der Waals surface area contributed by atoms with Crippen molar-refractivity contribution < 1.29 is 19.4 Å². The van der Waals surface area contributed by atoms with Crippen LogP contribution in [0.5, 0.6) is 5.75 Å². The second-order valence-corrected chi connectivity index (χ2v) is 9.40. The van der Waals surface area contributed by atoms with E-state index < -0.39 is 5.97 Å². The number of aliphatic hydroxyl groups is 1. The van der Waals surface area contributed by atoms with Gasteiger partial charge in [0.05, 0.1) is 36.6 Å². The molecule has 0 aliphatic heterocycles. The number of benzene rings is 3. The first-order valence-corrected chi connectivity index (χ1v) is 12.8. The smallest absolute Gasteiger partial charge is 0.345 e. The van der Waals surface area contributed by atoms with Crippen molar-refractivity contribution >= 4 is 45.9 Å². The van der Waals surface area contributed by atoms with Crippen LogP contribution in [-0.2, 0) is 9.53 Å². The molecule has 0 saturated carbocycles. The Hall–Kier alpha value is -4.28. The summed E-state index contributed by atoms with van der Waals surface area (Å²) in [6, 6.07) is 22.1. The van der Waals surface area contributed by atoms with Crippen LogP contribution in [0.4, 0.5) is 0 Å². The highest BCUT2D eigenvalue weighted by atomic mass is 35.5. The number of ether oxygens (including phenoxy) is 2. The number of esters is 1. The van der Waals surface area contributed by atoms with Crippen molar-refractivity contribution in [2.24, 2.45) is 0 Å². The summed E-state index contributed by atoms with van der Waals surface area (Å²) in [5.41, 5.74) is 2.83. The van der Waals surface area contributed by atoms with Crippen molar-refractivity contribution in [1.82, 2.24) is 24.7 Å². The van der Waals surface area contributed by atoms with Crippen molar-refractivity contribution in [3.63, 3.8) is 0 Å².